The minimum Gasteiger partial charge on any atom is -0.347 e. The summed E-state index contributed by atoms with van der Waals surface area (Å²) in [5.41, 5.74) is 0.659. The first-order chi connectivity index (χ1) is 12.1. The van der Waals surface area contributed by atoms with Gasteiger partial charge in [0.05, 0.1) is 23.4 Å². The van der Waals surface area contributed by atoms with Crippen LogP contribution in [-0.2, 0) is 4.79 Å². The van der Waals surface area contributed by atoms with Crippen molar-refractivity contribution < 1.29 is 14.4 Å². The molecule has 2 aliphatic rings. The minimum absolute atomic E-state index is 0.125. The topological polar surface area (TPSA) is 66.5 Å². The van der Waals surface area contributed by atoms with Crippen molar-refractivity contribution in [1.29, 1.82) is 0 Å². The molecule has 1 aliphatic heterocycles. The van der Waals surface area contributed by atoms with Gasteiger partial charge in [-0.05, 0) is 30.7 Å². The summed E-state index contributed by atoms with van der Waals surface area (Å²) in [4.78, 5) is 39.3. The van der Waals surface area contributed by atoms with Crippen molar-refractivity contribution in [1.82, 2.24) is 10.2 Å². The lowest BCUT2D eigenvalue weighted by molar-refractivity contribution is -0.127. The molecule has 3 rings (SSSR count). The zero-order valence-corrected chi connectivity index (χ0v) is 15.8. The Morgan fingerprint density at radius 2 is 2.04 bits per heavy atom. The van der Waals surface area contributed by atoms with Gasteiger partial charge in [0.25, 0.3) is 11.1 Å². The highest BCUT2D eigenvalue weighted by Gasteiger charge is 2.41. The average Bonchev–Trinajstić information content (AvgIpc) is 2.95. The van der Waals surface area contributed by atoms with E-state index in [0.29, 0.717) is 5.56 Å². The lowest BCUT2D eigenvalue weighted by atomic mass is 9.89. The van der Waals surface area contributed by atoms with Gasteiger partial charge in [0.1, 0.15) is 0 Å². The third-order valence-corrected chi connectivity index (χ3v) is 6.38. The predicted octanol–water partition coefficient (Wildman–Crippen LogP) is 3.54. The molecule has 0 bridgehead atoms. The molecule has 2 atom stereocenters. The molecule has 1 saturated heterocycles. The number of carbonyl (C=O) groups excluding carboxylic acids is 3. The maximum Gasteiger partial charge on any atom is 0.289 e. The summed E-state index contributed by atoms with van der Waals surface area (Å²) in [7, 11) is 0. The van der Waals surface area contributed by atoms with Crippen LogP contribution in [0.3, 0.4) is 0 Å². The molecule has 1 aromatic rings. The highest BCUT2D eigenvalue weighted by atomic mass is 32.2. The molecule has 25 heavy (non-hydrogen) atoms. The molecule has 1 saturated carbocycles. The Labute approximate surface area is 156 Å². The fourth-order valence-electron chi connectivity index (χ4n) is 3.46. The number of benzene rings is 1. The molecular weight excluding hydrogens is 356 g/mol. The Morgan fingerprint density at radius 3 is 2.76 bits per heavy atom. The van der Waals surface area contributed by atoms with Crippen molar-refractivity contribution in [2.75, 3.05) is 11.5 Å². The van der Waals surface area contributed by atoms with Crippen LogP contribution in [0.15, 0.2) is 29.2 Å². The highest BCUT2D eigenvalue weighted by molar-refractivity contribution is 8.14. The second kappa shape index (κ2) is 8.27. The number of nitrogens with one attached hydrogen (secondary N) is 1. The van der Waals surface area contributed by atoms with Gasteiger partial charge in [-0.15, -0.1) is 11.8 Å². The van der Waals surface area contributed by atoms with Gasteiger partial charge in [0.2, 0.25) is 5.91 Å². The SMILES string of the molecule is CCSc1ccccc1C(=O)NC1CCCCC1N1C(=O)CSC1=O. The molecular formula is C18H22N2O3S2. The van der Waals surface area contributed by atoms with Gasteiger partial charge < -0.3 is 5.32 Å². The van der Waals surface area contributed by atoms with Crippen LogP contribution in [0.2, 0.25) is 0 Å². The van der Waals surface area contributed by atoms with E-state index in [1.807, 2.05) is 24.3 Å². The standard InChI is InChI=1S/C18H22N2O3S2/c1-2-24-15-10-6-3-7-12(15)17(22)19-13-8-4-5-9-14(13)20-16(21)11-25-18(20)23/h3,6-7,10,13-14H,2,4-5,8-9,11H2,1H3,(H,19,22). The molecule has 7 heteroatoms. The van der Waals surface area contributed by atoms with Crippen LogP contribution in [-0.4, -0.2) is 45.5 Å². The van der Waals surface area contributed by atoms with Crippen molar-refractivity contribution in [3.8, 4) is 0 Å². The van der Waals surface area contributed by atoms with E-state index in [1.54, 1.807) is 11.8 Å². The van der Waals surface area contributed by atoms with Gasteiger partial charge in [-0.25, -0.2) is 0 Å². The molecule has 1 aliphatic carbocycles. The first-order valence-electron chi connectivity index (χ1n) is 8.63. The molecule has 1 heterocycles. The van der Waals surface area contributed by atoms with E-state index in [-0.39, 0.29) is 34.9 Å². The summed E-state index contributed by atoms with van der Waals surface area (Å²) < 4.78 is 0. The van der Waals surface area contributed by atoms with Crippen molar-refractivity contribution >= 4 is 40.6 Å². The van der Waals surface area contributed by atoms with Crippen LogP contribution in [0.25, 0.3) is 0 Å². The fraction of sp³-hybridized carbons (Fsp3) is 0.500. The van der Waals surface area contributed by atoms with Crippen molar-refractivity contribution in [2.24, 2.45) is 0 Å². The summed E-state index contributed by atoms with van der Waals surface area (Å²) in [6.45, 7) is 2.05. The Morgan fingerprint density at radius 1 is 1.28 bits per heavy atom. The van der Waals surface area contributed by atoms with Gasteiger partial charge in [-0.1, -0.05) is 43.7 Å². The van der Waals surface area contributed by atoms with Gasteiger partial charge in [-0.3, -0.25) is 19.3 Å². The Hall–Kier alpha value is -1.47. The van der Waals surface area contributed by atoms with E-state index < -0.39 is 0 Å². The number of amides is 3. The van der Waals surface area contributed by atoms with Gasteiger partial charge in [0, 0.05) is 4.90 Å². The van der Waals surface area contributed by atoms with Crippen molar-refractivity contribution in [2.45, 2.75) is 49.6 Å². The van der Waals surface area contributed by atoms with E-state index in [9.17, 15) is 14.4 Å². The summed E-state index contributed by atoms with van der Waals surface area (Å²) in [5, 5.41) is 2.91. The van der Waals surface area contributed by atoms with Crippen LogP contribution in [0.5, 0.6) is 0 Å². The third-order valence-electron chi connectivity index (χ3n) is 4.59. The minimum atomic E-state index is -0.223. The largest absolute Gasteiger partial charge is 0.347 e. The summed E-state index contributed by atoms with van der Waals surface area (Å²) >= 11 is 2.69. The number of hydrogen-bond donors (Lipinski definition) is 1. The Kier molecular flexibility index (Phi) is 6.06. The molecule has 0 radical (unpaired) electrons. The number of rotatable bonds is 5. The van der Waals surface area contributed by atoms with Crippen molar-refractivity contribution in [3.05, 3.63) is 29.8 Å². The van der Waals surface area contributed by atoms with Gasteiger partial charge in [-0.2, -0.15) is 0 Å². The van der Waals surface area contributed by atoms with E-state index in [4.69, 9.17) is 0 Å². The van der Waals surface area contributed by atoms with Crippen molar-refractivity contribution in [3.63, 3.8) is 0 Å². The predicted molar refractivity (Wildman–Crippen MR) is 101 cm³/mol. The molecule has 1 aromatic carbocycles. The van der Waals surface area contributed by atoms with Crippen LogP contribution >= 0.6 is 23.5 Å². The van der Waals surface area contributed by atoms with Crippen LogP contribution in [0.4, 0.5) is 4.79 Å². The molecule has 134 valence electrons. The van der Waals surface area contributed by atoms with Gasteiger partial charge >= 0.3 is 0 Å². The summed E-state index contributed by atoms with van der Waals surface area (Å²) in [6, 6.07) is 7.17. The number of thioether (sulfide) groups is 2. The second-order valence-electron chi connectivity index (χ2n) is 6.18. The number of nitrogens with zero attached hydrogens (tertiary/aromatic N) is 1. The van der Waals surface area contributed by atoms with Crippen LogP contribution < -0.4 is 5.32 Å². The lowest BCUT2D eigenvalue weighted by Crippen LogP contribution is -2.54. The zero-order chi connectivity index (χ0) is 17.8. The smallest absolute Gasteiger partial charge is 0.289 e. The molecule has 3 amide bonds. The van der Waals surface area contributed by atoms with Crippen LogP contribution in [0, 0.1) is 0 Å². The second-order valence-corrected chi connectivity index (χ2v) is 8.41. The quantitative estimate of drug-likeness (QED) is 0.794. The average molecular weight is 379 g/mol. The molecule has 0 spiro atoms. The Bertz CT molecular complexity index is 664. The maximum absolute atomic E-state index is 12.8. The van der Waals surface area contributed by atoms with Gasteiger partial charge in [0.15, 0.2) is 0 Å². The number of hydrogen-bond acceptors (Lipinski definition) is 5. The van der Waals surface area contributed by atoms with E-state index in [1.165, 1.54) is 4.90 Å². The maximum atomic E-state index is 12.8. The van der Waals surface area contributed by atoms with Crippen LogP contribution in [0.1, 0.15) is 43.0 Å². The number of carbonyl (C=O) groups is 3. The lowest BCUT2D eigenvalue weighted by Gasteiger charge is -2.36. The molecule has 1 N–H and O–H groups in total. The highest BCUT2D eigenvalue weighted by Crippen LogP contribution is 2.30. The zero-order valence-electron chi connectivity index (χ0n) is 14.2. The molecule has 2 unspecified atom stereocenters. The first-order valence-corrected chi connectivity index (χ1v) is 10.6. The van der Waals surface area contributed by atoms with E-state index in [2.05, 4.69) is 12.2 Å². The van der Waals surface area contributed by atoms with E-state index in [0.717, 1.165) is 48.1 Å². The first kappa shape index (κ1) is 18.3. The monoisotopic (exact) mass is 378 g/mol. The normalized spacial score (nSPS) is 23.8. The fourth-order valence-corrected chi connectivity index (χ4v) is 5.02. The third kappa shape index (κ3) is 4.03. The number of imide groups is 1. The molecule has 2 fully saturated rings. The van der Waals surface area contributed by atoms with E-state index >= 15 is 0 Å². The summed E-state index contributed by atoms with van der Waals surface area (Å²) in [6.07, 6.45) is 3.52. The molecule has 5 nitrogen and oxygen atoms in total. The molecule has 0 aromatic heterocycles. The Balaban J connectivity index is 1.77. The summed E-state index contributed by atoms with van der Waals surface area (Å²) in [5.74, 6) is 0.847.